The number of aryl methyl sites for hydroxylation is 1. The number of phenols is 1. The van der Waals surface area contributed by atoms with Crippen LogP contribution in [0.3, 0.4) is 0 Å². The molecular weight excluding hydrogens is 176 g/mol. The first kappa shape index (κ1) is 9.13. The van der Waals surface area contributed by atoms with Crippen molar-refractivity contribution in [3.63, 3.8) is 0 Å². The van der Waals surface area contributed by atoms with Crippen molar-refractivity contribution in [1.82, 2.24) is 0 Å². The van der Waals surface area contributed by atoms with Crippen molar-refractivity contribution in [2.75, 3.05) is 0 Å². The minimum absolute atomic E-state index is 0.149. The second-order valence-electron chi connectivity index (χ2n) is 3.85. The predicted molar refractivity (Wildman–Crippen MR) is 56.1 cm³/mol. The summed E-state index contributed by atoms with van der Waals surface area (Å²) in [6.07, 6.45) is 0.986. The Morgan fingerprint density at radius 3 is 2.93 bits per heavy atom. The number of rotatable bonds is 0. The fourth-order valence-corrected chi connectivity index (χ4v) is 2.05. The molecule has 1 aromatic rings. The number of hydrogen-bond donors (Lipinski definition) is 1. The van der Waals surface area contributed by atoms with Gasteiger partial charge in [-0.25, -0.2) is 0 Å². The van der Waals surface area contributed by atoms with E-state index in [1.807, 2.05) is 13.8 Å². The molecule has 1 aliphatic heterocycles. The van der Waals surface area contributed by atoms with E-state index in [4.69, 9.17) is 4.74 Å². The van der Waals surface area contributed by atoms with Crippen molar-refractivity contribution in [2.45, 2.75) is 26.4 Å². The van der Waals surface area contributed by atoms with E-state index in [1.54, 1.807) is 12.1 Å². The first-order chi connectivity index (χ1) is 6.58. The second kappa shape index (κ2) is 3.05. The second-order valence-corrected chi connectivity index (χ2v) is 3.85. The highest BCUT2D eigenvalue weighted by Crippen LogP contribution is 2.33. The largest absolute Gasteiger partial charge is 0.508 e. The van der Waals surface area contributed by atoms with Gasteiger partial charge in [0, 0.05) is 12.0 Å². The van der Waals surface area contributed by atoms with Gasteiger partial charge in [0.25, 0.3) is 0 Å². The van der Waals surface area contributed by atoms with Gasteiger partial charge in [0.2, 0.25) is 0 Å². The van der Waals surface area contributed by atoms with Gasteiger partial charge in [0.05, 0.1) is 6.10 Å². The SMILES string of the molecule is C=C1OC(C)Cc2cc(O)cc(C)c21. The Labute approximate surface area is 83.8 Å². The molecule has 1 atom stereocenters. The highest BCUT2D eigenvalue weighted by molar-refractivity contribution is 5.67. The lowest BCUT2D eigenvalue weighted by atomic mass is 9.94. The van der Waals surface area contributed by atoms with Crippen LogP contribution in [0.4, 0.5) is 0 Å². The van der Waals surface area contributed by atoms with Crippen LogP contribution in [0.1, 0.15) is 23.6 Å². The smallest absolute Gasteiger partial charge is 0.120 e. The third kappa shape index (κ3) is 1.37. The number of aromatic hydroxyl groups is 1. The van der Waals surface area contributed by atoms with E-state index >= 15 is 0 Å². The average Bonchev–Trinajstić information content (AvgIpc) is 1.99. The summed E-state index contributed by atoms with van der Waals surface area (Å²) in [5.74, 6) is 1.04. The zero-order valence-corrected chi connectivity index (χ0v) is 8.50. The Kier molecular flexibility index (Phi) is 1.99. The number of fused-ring (bicyclic) bond motifs is 1. The van der Waals surface area contributed by atoms with Crippen LogP contribution in [0.25, 0.3) is 5.76 Å². The van der Waals surface area contributed by atoms with Gasteiger partial charge in [-0.1, -0.05) is 6.58 Å². The van der Waals surface area contributed by atoms with E-state index in [0.29, 0.717) is 5.75 Å². The van der Waals surface area contributed by atoms with Gasteiger partial charge in [-0.3, -0.25) is 0 Å². The highest BCUT2D eigenvalue weighted by atomic mass is 16.5. The summed E-state index contributed by atoms with van der Waals surface area (Å²) < 4.78 is 5.56. The van der Waals surface area contributed by atoms with Crippen LogP contribution < -0.4 is 0 Å². The molecule has 2 heteroatoms. The Morgan fingerprint density at radius 1 is 1.50 bits per heavy atom. The quantitative estimate of drug-likeness (QED) is 0.681. The van der Waals surface area contributed by atoms with Gasteiger partial charge < -0.3 is 9.84 Å². The van der Waals surface area contributed by atoms with Crippen molar-refractivity contribution >= 4 is 5.76 Å². The van der Waals surface area contributed by atoms with Gasteiger partial charge in [-0.2, -0.15) is 0 Å². The van der Waals surface area contributed by atoms with E-state index < -0.39 is 0 Å². The predicted octanol–water partition coefficient (Wildman–Crippen LogP) is 2.63. The van der Waals surface area contributed by atoms with Crippen molar-refractivity contribution in [1.29, 1.82) is 0 Å². The Balaban J connectivity index is 2.59. The minimum atomic E-state index is 0.149. The lowest BCUT2D eigenvalue weighted by molar-refractivity contribution is 0.176. The molecule has 0 bridgehead atoms. The monoisotopic (exact) mass is 190 g/mol. The van der Waals surface area contributed by atoms with Crippen LogP contribution in [0.5, 0.6) is 5.75 Å². The molecule has 2 nitrogen and oxygen atoms in total. The number of benzene rings is 1. The van der Waals surface area contributed by atoms with Gasteiger partial charge in [-0.05, 0) is 37.1 Å². The molecule has 1 N–H and O–H groups in total. The third-order valence-electron chi connectivity index (χ3n) is 2.53. The molecule has 0 saturated heterocycles. The number of hydrogen-bond acceptors (Lipinski definition) is 2. The zero-order valence-electron chi connectivity index (χ0n) is 8.50. The maximum Gasteiger partial charge on any atom is 0.120 e. The molecule has 1 aliphatic rings. The Bertz CT molecular complexity index is 394. The summed E-state index contributed by atoms with van der Waals surface area (Å²) in [5.41, 5.74) is 3.21. The van der Waals surface area contributed by atoms with E-state index in [-0.39, 0.29) is 6.10 Å². The topological polar surface area (TPSA) is 29.5 Å². The molecule has 0 aromatic heterocycles. The Hall–Kier alpha value is -1.44. The van der Waals surface area contributed by atoms with Gasteiger partial charge in [-0.15, -0.1) is 0 Å². The third-order valence-corrected chi connectivity index (χ3v) is 2.53. The molecule has 74 valence electrons. The first-order valence-electron chi connectivity index (χ1n) is 4.76. The number of ether oxygens (including phenoxy) is 1. The molecule has 0 fully saturated rings. The lowest BCUT2D eigenvalue weighted by Crippen LogP contribution is -2.18. The molecule has 0 radical (unpaired) electrons. The molecule has 0 aliphatic carbocycles. The van der Waals surface area contributed by atoms with Gasteiger partial charge >= 0.3 is 0 Å². The fourth-order valence-electron chi connectivity index (χ4n) is 2.05. The zero-order chi connectivity index (χ0) is 10.3. The molecule has 1 heterocycles. The maximum atomic E-state index is 9.47. The van der Waals surface area contributed by atoms with Crippen LogP contribution in [0.2, 0.25) is 0 Å². The van der Waals surface area contributed by atoms with Crippen LogP contribution >= 0.6 is 0 Å². The van der Waals surface area contributed by atoms with E-state index in [9.17, 15) is 5.11 Å². The summed E-state index contributed by atoms with van der Waals surface area (Å²) in [6.45, 7) is 7.86. The average molecular weight is 190 g/mol. The van der Waals surface area contributed by atoms with E-state index in [1.165, 1.54) is 0 Å². The molecule has 1 unspecified atom stereocenters. The Morgan fingerprint density at radius 2 is 2.21 bits per heavy atom. The summed E-state index contributed by atoms with van der Waals surface area (Å²) in [6, 6.07) is 3.54. The molecule has 2 rings (SSSR count). The fraction of sp³-hybridized carbons (Fsp3) is 0.333. The van der Waals surface area contributed by atoms with Crippen molar-refractivity contribution in [3.8, 4) is 5.75 Å². The number of phenolic OH excluding ortho intramolecular Hbond substituents is 1. The summed E-state index contributed by atoms with van der Waals surface area (Å²) in [4.78, 5) is 0. The van der Waals surface area contributed by atoms with Crippen LogP contribution in [-0.4, -0.2) is 11.2 Å². The van der Waals surface area contributed by atoms with Crippen molar-refractivity contribution in [2.24, 2.45) is 0 Å². The minimum Gasteiger partial charge on any atom is -0.508 e. The molecule has 0 spiro atoms. The lowest BCUT2D eigenvalue weighted by Gasteiger charge is -2.26. The normalized spacial score (nSPS) is 20.1. The van der Waals surface area contributed by atoms with Crippen LogP contribution in [-0.2, 0) is 11.2 Å². The molecular formula is C12H14O2. The standard InChI is InChI=1S/C12H14O2/c1-7-4-11(13)6-10-5-8(2)14-9(3)12(7)10/h4,6,8,13H,3,5H2,1-2H3. The van der Waals surface area contributed by atoms with E-state index in [2.05, 4.69) is 6.58 Å². The van der Waals surface area contributed by atoms with Gasteiger partial charge in [0.1, 0.15) is 11.5 Å². The molecule has 14 heavy (non-hydrogen) atoms. The van der Waals surface area contributed by atoms with Crippen LogP contribution in [0.15, 0.2) is 18.7 Å². The summed E-state index contributed by atoms with van der Waals surface area (Å²) in [5, 5.41) is 9.47. The van der Waals surface area contributed by atoms with Gasteiger partial charge in [0.15, 0.2) is 0 Å². The first-order valence-corrected chi connectivity index (χ1v) is 4.76. The highest BCUT2D eigenvalue weighted by Gasteiger charge is 2.21. The van der Waals surface area contributed by atoms with E-state index in [0.717, 1.165) is 28.9 Å². The van der Waals surface area contributed by atoms with Crippen molar-refractivity contribution < 1.29 is 9.84 Å². The summed E-state index contributed by atoms with van der Waals surface area (Å²) >= 11 is 0. The maximum absolute atomic E-state index is 9.47. The molecule has 0 amide bonds. The summed E-state index contributed by atoms with van der Waals surface area (Å²) in [7, 11) is 0. The van der Waals surface area contributed by atoms with Crippen molar-refractivity contribution in [3.05, 3.63) is 35.4 Å². The van der Waals surface area contributed by atoms with Crippen LogP contribution in [0, 0.1) is 6.92 Å². The molecule has 1 aromatic carbocycles. The molecule has 0 saturated carbocycles.